The summed E-state index contributed by atoms with van der Waals surface area (Å²) in [5.41, 5.74) is 3.71. The topological polar surface area (TPSA) is 89.5 Å². The highest BCUT2D eigenvalue weighted by molar-refractivity contribution is 7.53. The molecule has 4 aliphatic rings. The van der Waals surface area contributed by atoms with Gasteiger partial charge in [-0.25, -0.2) is 18.9 Å². The lowest BCUT2D eigenvalue weighted by Gasteiger charge is -2.29. The van der Waals surface area contributed by atoms with E-state index in [9.17, 15) is 9.13 Å². The van der Waals surface area contributed by atoms with Crippen LogP contribution in [0.4, 0.5) is 0 Å². The van der Waals surface area contributed by atoms with E-state index in [2.05, 4.69) is 34.1 Å². The predicted octanol–water partition coefficient (Wildman–Crippen LogP) is 5.53. The molecule has 30 heavy (non-hydrogen) atoms. The van der Waals surface area contributed by atoms with Gasteiger partial charge in [0.2, 0.25) is 0 Å². The average molecular weight is 454 g/mol. The maximum absolute atomic E-state index is 12.9. The monoisotopic (exact) mass is 454 g/mol. The van der Waals surface area contributed by atoms with Gasteiger partial charge in [-0.2, -0.15) is 0 Å². The largest absolute Gasteiger partial charge is 0.422 e. The molecule has 4 aliphatic carbocycles. The molecule has 2 unspecified atom stereocenters. The summed E-state index contributed by atoms with van der Waals surface area (Å²) in [4.78, 5) is 9.30. The fraction of sp³-hybridized carbons (Fsp3) is 0.500. The van der Waals surface area contributed by atoms with E-state index in [-0.39, 0.29) is 23.7 Å². The van der Waals surface area contributed by atoms with Crippen LogP contribution in [0.1, 0.15) is 58.8 Å². The van der Waals surface area contributed by atoms with Gasteiger partial charge in [0.25, 0.3) is 0 Å². The van der Waals surface area contributed by atoms with E-state index < -0.39 is 15.2 Å². The van der Waals surface area contributed by atoms with Crippen LogP contribution in [0, 0.1) is 0 Å². The van der Waals surface area contributed by atoms with Gasteiger partial charge in [0.15, 0.2) is 0 Å². The molecule has 4 bridgehead atoms. The summed E-state index contributed by atoms with van der Waals surface area (Å²) in [6.07, 6.45) is 10.3. The normalized spacial score (nSPS) is 30.8. The van der Waals surface area contributed by atoms with Crippen molar-refractivity contribution in [3.8, 4) is 11.5 Å². The van der Waals surface area contributed by atoms with Gasteiger partial charge in [-0.3, -0.25) is 0 Å². The zero-order valence-electron chi connectivity index (χ0n) is 17.2. The minimum atomic E-state index is -3.50. The summed E-state index contributed by atoms with van der Waals surface area (Å²) in [5, 5.41) is 0. The first-order chi connectivity index (χ1) is 14.2. The molecule has 1 aromatic carbocycles. The number of benzene rings is 1. The van der Waals surface area contributed by atoms with E-state index >= 15 is 0 Å². The molecule has 0 saturated carbocycles. The maximum Gasteiger partial charge on any atom is 0.402 e. The second kappa shape index (κ2) is 7.06. The summed E-state index contributed by atoms with van der Waals surface area (Å²) < 4.78 is 47.7. The van der Waals surface area contributed by atoms with Crippen LogP contribution in [0.5, 0.6) is 11.5 Å². The summed E-state index contributed by atoms with van der Waals surface area (Å²) in [7, 11) is -4.40. The third-order valence-corrected chi connectivity index (χ3v) is 8.01. The molecule has 1 aromatic rings. The highest BCUT2D eigenvalue weighted by Gasteiger charge is 2.48. The van der Waals surface area contributed by atoms with Gasteiger partial charge in [-0.1, -0.05) is 24.3 Å². The zero-order chi connectivity index (χ0) is 21.3. The number of allylic oxidation sites excluding steroid dienone is 4. The lowest BCUT2D eigenvalue weighted by Crippen LogP contribution is -2.11. The molecule has 0 heterocycles. The summed E-state index contributed by atoms with van der Waals surface area (Å²) in [6, 6.07) is 0. The SMILES string of the molecule is COOP(C)(=O)Oc1c2c(c(OP(C)(=O)OOC)c3c1[C@H]1C=C[C@@H]3C1)[C@H]1C=C[C@@H]2C1. The molecule has 10 heteroatoms. The van der Waals surface area contributed by atoms with Gasteiger partial charge in [0.05, 0.1) is 27.5 Å². The Bertz CT molecular complexity index is 929. The van der Waals surface area contributed by atoms with Crippen LogP contribution in [-0.2, 0) is 28.3 Å². The number of hydrogen-bond acceptors (Lipinski definition) is 8. The van der Waals surface area contributed by atoms with Crippen molar-refractivity contribution in [2.24, 2.45) is 0 Å². The van der Waals surface area contributed by atoms with Crippen molar-refractivity contribution in [1.82, 2.24) is 0 Å². The van der Waals surface area contributed by atoms with Gasteiger partial charge in [-0.15, -0.1) is 9.35 Å². The van der Waals surface area contributed by atoms with E-state index in [0.717, 1.165) is 35.1 Å². The molecule has 0 aliphatic heterocycles. The van der Waals surface area contributed by atoms with Gasteiger partial charge in [-0.05, 0) is 12.8 Å². The van der Waals surface area contributed by atoms with E-state index in [1.807, 2.05) is 0 Å². The Kier molecular flexibility index (Phi) is 4.82. The molecule has 0 amide bonds. The van der Waals surface area contributed by atoms with Crippen molar-refractivity contribution in [3.63, 3.8) is 0 Å². The van der Waals surface area contributed by atoms with Gasteiger partial charge in [0, 0.05) is 45.9 Å². The molecule has 0 saturated heterocycles. The van der Waals surface area contributed by atoms with Gasteiger partial charge >= 0.3 is 15.2 Å². The molecule has 6 atom stereocenters. The van der Waals surface area contributed by atoms with Crippen molar-refractivity contribution in [1.29, 1.82) is 0 Å². The Morgan fingerprint density at radius 2 is 0.967 bits per heavy atom. The van der Waals surface area contributed by atoms with Crippen molar-refractivity contribution in [2.75, 3.05) is 27.5 Å². The van der Waals surface area contributed by atoms with Crippen LogP contribution in [0.2, 0.25) is 0 Å². The Hall–Kier alpha value is -1.40. The van der Waals surface area contributed by atoms with Crippen molar-refractivity contribution >= 4 is 15.2 Å². The molecular formula is C20H24O8P2. The molecule has 5 rings (SSSR count). The molecule has 162 valence electrons. The molecular weight excluding hydrogens is 430 g/mol. The molecule has 0 spiro atoms. The van der Waals surface area contributed by atoms with E-state index in [1.54, 1.807) is 0 Å². The third kappa shape index (κ3) is 3.13. The second-order valence-electron chi connectivity index (χ2n) is 8.19. The first-order valence-electron chi connectivity index (χ1n) is 9.84. The Labute approximate surface area is 175 Å². The minimum absolute atomic E-state index is 0.109. The molecule has 8 nitrogen and oxygen atoms in total. The van der Waals surface area contributed by atoms with Crippen LogP contribution < -0.4 is 9.05 Å². The highest BCUT2D eigenvalue weighted by atomic mass is 31.2. The molecule has 0 fully saturated rings. The van der Waals surface area contributed by atoms with Crippen LogP contribution >= 0.6 is 15.2 Å². The molecule has 0 N–H and O–H groups in total. The lowest BCUT2D eigenvalue weighted by atomic mass is 9.85. The molecule has 0 aromatic heterocycles. The van der Waals surface area contributed by atoms with Crippen LogP contribution in [0.3, 0.4) is 0 Å². The fourth-order valence-electron chi connectivity index (χ4n) is 5.34. The minimum Gasteiger partial charge on any atom is -0.422 e. The number of rotatable bonds is 8. The predicted molar refractivity (Wildman–Crippen MR) is 109 cm³/mol. The number of hydrogen-bond donors (Lipinski definition) is 0. The van der Waals surface area contributed by atoms with E-state index in [0.29, 0.717) is 11.5 Å². The summed E-state index contributed by atoms with van der Waals surface area (Å²) in [5.74, 6) is 1.61. The average Bonchev–Trinajstić information content (AvgIpc) is 3.43. The van der Waals surface area contributed by atoms with Crippen LogP contribution in [-0.4, -0.2) is 27.5 Å². The second-order valence-corrected chi connectivity index (χ2v) is 11.9. The van der Waals surface area contributed by atoms with Crippen molar-refractivity contribution < 1.29 is 37.3 Å². The summed E-state index contributed by atoms with van der Waals surface area (Å²) in [6.45, 7) is 2.77. The first kappa shape index (κ1) is 20.5. The zero-order valence-corrected chi connectivity index (χ0v) is 19.0. The Balaban J connectivity index is 1.72. The van der Waals surface area contributed by atoms with E-state index in [1.165, 1.54) is 27.5 Å². The van der Waals surface area contributed by atoms with Gasteiger partial charge in [0.1, 0.15) is 11.5 Å². The summed E-state index contributed by atoms with van der Waals surface area (Å²) >= 11 is 0. The van der Waals surface area contributed by atoms with Crippen LogP contribution in [0.15, 0.2) is 24.3 Å². The smallest absolute Gasteiger partial charge is 0.402 e. The van der Waals surface area contributed by atoms with Gasteiger partial charge < -0.3 is 9.05 Å². The maximum atomic E-state index is 12.9. The Morgan fingerprint density at radius 1 is 0.667 bits per heavy atom. The standard InChI is InChI=1S/C20H24O8P2/c1-23-27-29(3,21)25-19-15-11-5-7-13(9-11)17(15)20(26-30(4,22)28-24-2)18-14-8-6-12(10-14)16(18)19/h5-8,11-14H,9-10H2,1-4H3/t11-,12+,13+,14-,29?,30?. The Morgan fingerprint density at radius 3 is 1.23 bits per heavy atom. The highest BCUT2D eigenvalue weighted by Crippen LogP contribution is 2.67. The quantitative estimate of drug-likeness (QED) is 0.219. The number of fused-ring (bicyclic) bond motifs is 10. The third-order valence-electron chi connectivity index (χ3n) is 6.14. The molecule has 0 radical (unpaired) electrons. The van der Waals surface area contributed by atoms with Crippen molar-refractivity contribution in [3.05, 3.63) is 46.6 Å². The van der Waals surface area contributed by atoms with Crippen molar-refractivity contribution in [2.45, 2.75) is 36.5 Å². The fourth-order valence-corrected chi connectivity index (χ4v) is 6.99. The van der Waals surface area contributed by atoms with Crippen LogP contribution in [0.25, 0.3) is 0 Å². The van der Waals surface area contributed by atoms with E-state index in [4.69, 9.17) is 18.4 Å². The lowest BCUT2D eigenvalue weighted by molar-refractivity contribution is -0.183. The first-order valence-corrected chi connectivity index (χ1v) is 13.8.